The number of aliphatic hydroxyl groups excluding tert-OH is 6. The monoisotopic (exact) mass is 1020 g/mol. The van der Waals surface area contributed by atoms with Crippen molar-refractivity contribution in [1.29, 1.82) is 0 Å². The molecule has 0 heterocycles. The zero-order chi connectivity index (χ0) is 51.3. The van der Waals surface area contributed by atoms with Crippen molar-refractivity contribution in [2.24, 2.45) is 0 Å². The van der Waals surface area contributed by atoms with Crippen molar-refractivity contribution in [3.63, 3.8) is 0 Å². The highest BCUT2D eigenvalue weighted by Gasteiger charge is 2.51. The van der Waals surface area contributed by atoms with Crippen LogP contribution >= 0.6 is 7.82 Å². The zero-order valence-electron chi connectivity index (χ0n) is 45.4. The smallest absolute Gasteiger partial charge is 0.391 e. The lowest BCUT2D eigenvalue weighted by atomic mass is 9.85. The SMILES string of the molecule is CCCCCCCCCCCCCCCCCCCCCCCCCCCCCCCCCCCCC(=O)N[C@@H](COP(=O)(O)OC1C(O)C(O)C(O)[C@@H](O)C1O)[C@H](O)CCCCCCCCCCC. The first-order valence-electron chi connectivity index (χ1n) is 30.0. The maximum absolute atomic E-state index is 13.0. The van der Waals surface area contributed by atoms with E-state index >= 15 is 0 Å². The molecule has 1 fully saturated rings. The van der Waals surface area contributed by atoms with Gasteiger partial charge in [-0.1, -0.05) is 284 Å². The molecule has 0 aliphatic heterocycles. The number of amides is 1. The average Bonchev–Trinajstić information content (AvgIpc) is 3.34. The van der Waals surface area contributed by atoms with Gasteiger partial charge >= 0.3 is 7.82 Å². The van der Waals surface area contributed by atoms with Crippen LogP contribution in [0.4, 0.5) is 0 Å². The van der Waals surface area contributed by atoms with E-state index in [1.165, 1.54) is 225 Å². The Morgan fingerprint density at radius 1 is 0.429 bits per heavy atom. The highest BCUT2D eigenvalue weighted by atomic mass is 31.2. The van der Waals surface area contributed by atoms with Gasteiger partial charge < -0.3 is 40.8 Å². The van der Waals surface area contributed by atoms with E-state index in [1.807, 2.05) is 0 Å². The number of aliphatic hydroxyl groups is 6. The fourth-order valence-electron chi connectivity index (χ4n) is 10.1. The van der Waals surface area contributed by atoms with E-state index in [0.717, 1.165) is 38.5 Å². The van der Waals surface area contributed by atoms with E-state index in [4.69, 9.17) is 9.05 Å². The van der Waals surface area contributed by atoms with Crippen LogP contribution in [0.25, 0.3) is 0 Å². The minimum absolute atomic E-state index is 0.243. The van der Waals surface area contributed by atoms with Crippen LogP contribution in [-0.2, 0) is 18.4 Å². The molecule has 0 bridgehead atoms. The molecule has 0 saturated heterocycles. The largest absolute Gasteiger partial charge is 0.472 e. The van der Waals surface area contributed by atoms with Gasteiger partial charge in [0.2, 0.25) is 5.91 Å². The van der Waals surface area contributed by atoms with Gasteiger partial charge in [0.05, 0.1) is 18.8 Å². The Labute approximate surface area is 429 Å². The third-order valence-electron chi connectivity index (χ3n) is 14.9. The Bertz CT molecular complexity index is 1190. The van der Waals surface area contributed by atoms with Crippen LogP contribution in [0.1, 0.15) is 303 Å². The first-order chi connectivity index (χ1) is 33.9. The van der Waals surface area contributed by atoms with E-state index in [2.05, 4.69) is 19.2 Å². The lowest BCUT2D eigenvalue weighted by molar-refractivity contribution is -0.220. The molecule has 1 amide bonds. The number of nitrogens with one attached hydrogen (secondary N) is 1. The molecule has 1 aliphatic rings. The van der Waals surface area contributed by atoms with Gasteiger partial charge in [-0.05, 0) is 12.8 Å². The zero-order valence-corrected chi connectivity index (χ0v) is 46.3. The van der Waals surface area contributed by atoms with Crippen molar-refractivity contribution >= 4 is 13.7 Å². The van der Waals surface area contributed by atoms with Gasteiger partial charge in [-0.3, -0.25) is 13.8 Å². The van der Waals surface area contributed by atoms with Crippen molar-refractivity contribution < 1.29 is 53.9 Å². The van der Waals surface area contributed by atoms with Gasteiger partial charge in [0.25, 0.3) is 0 Å². The molecule has 0 radical (unpaired) electrons. The van der Waals surface area contributed by atoms with E-state index in [-0.39, 0.29) is 12.3 Å². The van der Waals surface area contributed by atoms with Crippen LogP contribution in [-0.4, -0.2) is 96.8 Å². The summed E-state index contributed by atoms with van der Waals surface area (Å²) in [5, 5.41) is 64.2. The second kappa shape index (κ2) is 46.8. The van der Waals surface area contributed by atoms with Gasteiger partial charge in [0, 0.05) is 6.42 Å². The topological polar surface area (TPSA) is 206 Å². The summed E-state index contributed by atoms with van der Waals surface area (Å²) >= 11 is 0. The van der Waals surface area contributed by atoms with Crippen LogP contribution in [0.5, 0.6) is 0 Å². The number of phosphoric ester groups is 1. The molecule has 12 nitrogen and oxygen atoms in total. The molecule has 70 heavy (non-hydrogen) atoms. The van der Waals surface area contributed by atoms with Crippen molar-refractivity contribution in [1.82, 2.24) is 5.32 Å². The molecule has 1 aliphatic carbocycles. The summed E-state index contributed by atoms with van der Waals surface area (Å²) in [4.78, 5) is 23.5. The number of carbonyl (C=O) groups is 1. The minimum Gasteiger partial charge on any atom is -0.391 e. The molecule has 0 spiro atoms. The highest BCUT2D eigenvalue weighted by molar-refractivity contribution is 7.47. The maximum Gasteiger partial charge on any atom is 0.472 e. The summed E-state index contributed by atoms with van der Waals surface area (Å²) < 4.78 is 23.0. The first kappa shape index (κ1) is 67.4. The molecule has 6 unspecified atom stereocenters. The molecule has 0 aromatic carbocycles. The summed E-state index contributed by atoms with van der Waals surface area (Å²) in [6, 6.07) is -1.03. The molecule has 1 saturated carbocycles. The molecule has 9 atom stereocenters. The molecule has 1 rings (SSSR count). The van der Waals surface area contributed by atoms with E-state index < -0.39 is 63.2 Å². The van der Waals surface area contributed by atoms with Crippen molar-refractivity contribution in [2.75, 3.05) is 6.61 Å². The van der Waals surface area contributed by atoms with Gasteiger partial charge in [0.1, 0.15) is 36.6 Å². The Balaban J connectivity index is 2.10. The predicted molar refractivity (Wildman–Crippen MR) is 288 cm³/mol. The van der Waals surface area contributed by atoms with Crippen molar-refractivity contribution in [2.45, 2.75) is 352 Å². The van der Waals surface area contributed by atoms with Crippen LogP contribution in [0.15, 0.2) is 0 Å². The molecule has 418 valence electrons. The fraction of sp³-hybridized carbons (Fsp3) is 0.982. The minimum atomic E-state index is -5.05. The summed E-state index contributed by atoms with van der Waals surface area (Å²) in [5.41, 5.74) is 0. The van der Waals surface area contributed by atoms with Gasteiger partial charge in [-0.15, -0.1) is 0 Å². The molecular formula is C57H114NO11P. The third-order valence-corrected chi connectivity index (χ3v) is 15.9. The summed E-state index contributed by atoms with van der Waals surface area (Å²) in [7, 11) is -5.05. The quantitative estimate of drug-likeness (QED) is 0.0212. The molecule has 0 aromatic rings. The van der Waals surface area contributed by atoms with Gasteiger partial charge in [-0.25, -0.2) is 4.57 Å². The highest BCUT2D eigenvalue weighted by Crippen LogP contribution is 2.47. The number of carbonyl (C=O) groups excluding carboxylic acids is 1. The Morgan fingerprint density at radius 2 is 0.686 bits per heavy atom. The Hall–Kier alpha value is -0.660. The summed E-state index contributed by atoms with van der Waals surface area (Å²) in [5.74, 6) is -0.303. The summed E-state index contributed by atoms with van der Waals surface area (Å²) in [6.07, 6.45) is 43.5. The van der Waals surface area contributed by atoms with Crippen molar-refractivity contribution in [3.05, 3.63) is 0 Å². The predicted octanol–water partition coefficient (Wildman–Crippen LogP) is 13.7. The first-order valence-corrected chi connectivity index (χ1v) is 31.5. The Kier molecular flexibility index (Phi) is 45.1. The van der Waals surface area contributed by atoms with Crippen LogP contribution in [0.3, 0.4) is 0 Å². The third kappa shape index (κ3) is 37.1. The molecular weight excluding hydrogens is 906 g/mol. The lowest BCUT2D eigenvalue weighted by Crippen LogP contribution is -2.64. The second-order valence-electron chi connectivity index (χ2n) is 21.6. The van der Waals surface area contributed by atoms with Crippen LogP contribution in [0, 0.1) is 0 Å². The number of rotatable bonds is 52. The number of phosphoric acid groups is 1. The van der Waals surface area contributed by atoms with Crippen LogP contribution < -0.4 is 5.32 Å². The maximum atomic E-state index is 13.0. The van der Waals surface area contributed by atoms with Gasteiger partial charge in [-0.2, -0.15) is 0 Å². The Morgan fingerprint density at radius 3 is 0.986 bits per heavy atom. The fourth-order valence-corrected chi connectivity index (χ4v) is 11.1. The van der Waals surface area contributed by atoms with Gasteiger partial charge in [0.15, 0.2) is 0 Å². The standard InChI is InChI=1S/C57H114NO11P/c1-3-5-7-9-11-13-14-15-16-17-18-19-20-21-22-23-24-25-26-27-28-29-30-31-32-33-34-35-36-37-39-41-43-45-47-51(60)58-49(50(59)46-44-42-40-38-12-10-8-6-4-2)48-68-70(66,67)69-57-55(64)53(62)52(61)54(63)56(57)65/h49-50,52-57,59,61-65H,3-48H2,1-2H3,(H,58,60)(H,66,67)/t49-,50+,52?,53+,54?,55?,56?,57?/m0/s1. The number of unbranched alkanes of at least 4 members (excludes halogenated alkanes) is 41. The molecule has 8 N–H and O–H groups in total. The second-order valence-corrected chi connectivity index (χ2v) is 23.0. The molecule has 13 heteroatoms. The normalized spacial score (nSPS) is 21.2. The number of hydrogen-bond donors (Lipinski definition) is 8. The molecule has 0 aromatic heterocycles. The van der Waals surface area contributed by atoms with Crippen LogP contribution in [0.2, 0.25) is 0 Å². The van der Waals surface area contributed by atoms with E-state index in [9.17, 15) is 44.9 Å². The van der Waals surface area contributed by atoms with Crippen molar-refractivity contribution in [3.8, 4) is 0 Å². The summed E-state index contributed by atoms with van der Waals surface area (Å²) in [6.45, 7) is 3.89. The number of hydrogen-bond acceptors (Lipinski definition) is 10. The van der Waals surface area contributed by atoms with E-state index in [1.54, 1.807) is 0 Å². The lowest BCUT2D eigenvalue weighted by Gasteiger charge is -2.41. The average molecular weight is 1020 g/mol. The van der Waals surface area contributed by atoms with E-state index in [0.29, 0.717) is 19.3 Å².